The lowest BCUT2D eigenvalue weighted by atomic mass is 10.3. The van der Waals surface area contributed by atoms with Crippen LogP contribution >= 0.6 is 0 Å². The van der Waals surface area contributed by atoms with Crippen LogP contribution in [0.1, 0.15) is 47.0 Å². The molecule has 0 amide bonds. The summed E-state index contributed by atoms with van der Waals surface area (Å²) in [6.45, 7) is 10.6. The molecule has 1 aromatic heterocycles. The molecule has 1 unspecified atom stereocenters. The fourth-order valence-corrected chi connectivity index (χ4v) is 1.70. The fourth-order valence-electron chi connectivity index (χ4n) is 1.70. The van der Waals surface area contributed by atoms with Gasteiger partial charge >= 0.3 is 0 Å². The molecule has 0 fully saturated rings. The first-order valence-electron chi connectivity index (χ1n) is 6.92. The van der Waals surface area contributed by atoms with Crippen molar-refractivity contribution in [2.75, 3.05) is 23.3 Å². The number of anilines is 2. The van der Waals surface area contributed by atoms with Gasteiger partial charge in [-0.1, -0.05) is 20.8 Å². The van der Waals surface area contributed by atoms with E-state index in [1.165, 1.54) is 0 Å². The Labute approximate surface area is 110 Å². The highest BCUT2D eigenvalue weighted by atomic mass is 15.3. The first-order chi connectivity index (χ1) is 8.71. The monoisotopic (exact) mass is 251 g/mol. The summed E-state index contributed by atoms with van der Waals surface area (Å²) in [6.07, 6.45) is 4.93. The molecule has 0 spiro atoms. The highest BCUT2D eigenvalue weighted by molar-refractivity contribution is 5.39. The van der Waals surface area contributed by atoms with Crippen LogP contribution in [0.5, 0.6) is 0 Å². The SMILES string of the molecule is CCCN(CCC)c1nncc(NC(C)CC)n1. The van der Waals surface area contributed by atoms with Gasteiger partial charge in [0.15, 0.2) is 5.82 Å². The van der Waals surface area contributed by atoms with Crippen LogP contribution in [0.25, 0.3) is 0 Å². The molecule has 0 saturated carbocycles. The molecule has 0 saturated heterocycles. The van der Waals surface area contributed by atoms with Crippen molar-refractivity contribution in [1.29, 1.82) is 0 Å². The zero-order valence-electron chi connectivity index (χ0n) is 12.0. The number of rotatable bonds is 8. The van der Waals surface area contributed by atoms with E-state index < -0.39 is 0 Å². The van der Waals surface area contributed by atoms with Crippen molar-refractivity contribution in [3.05, 3.63) is 6.20 Å². The van der Waals surface area contributed by atoms with Gasteiger partial charge in [0, 0.05) is 19.1 Å². The minimum Gasteiger partial charge on any atom is -0.366 e. The molecule has 1 atom stereocenters. The molecule has 1 N–H and O–H groups in total. The van der Waals surface area contributed by atoms with Gasteiger partial charge < -0.3 is 10.2 Å². The highest BCUT2D eigenvalue weighted by Gasteiger charge is 2.10. The predicted octanol–water partition coefficient (Wildman–Crippen LogP) is 2.71. The molecule has 18 heavy (non-hydrogen) atoms. The van der Waals surface area contributed by atoms with E-state index in [0.717, 1.165) is 44.1 Å². The third-order valence-electron chi connectivity index (χ3n) is 2.82. The van der Waals surface area contributed by atoms with E-state index in [2.05, 4.69) is 53.1 Å². The van der Waals surface area contributed by atoms with Crippen molar-refractivity contribution < 1.29 is 0 Å². The Morgan fingerprint density at radius 3 is 2.44 bits per heavy atom. The second kappa shape index (κ2) is 7.84. The molecule has 1 aromatic rings. The van der Waals surface area contributed by atoms with Crippen LogP contribution < -0.4 is 10.2 Å². The van der Waals surface area contributed by atoms with Crippen LogP contribution in [0.3, 0.4) is 0 Å². The summed E-state index contributed by atoms with van der Waals surface area (Å²) in [6, 6.07) is 0.403. The second-order valence-corrected chi connectivity index (χ2v) is 4.58. The minimum absolute atomic E-state index is 0.403. The van der Waals surface area contributed by atoms with E-state index in [1.807, 2.05) is 0 Å². The Balaban J connectivity index is 2.77. The van der Waals surface area contributed by atoms with Crippen molar-refractivity contribution in [2.24, 2.45) is 0 Å². The largest absolute Gasteiger partial charge is 0.366 e. The van der Waals surface area contributed by atoms with Crippen molar-refractivity contribution in [3.63, 3.8) is 0 Å². The molecule has 0 aliphatic carbocycles. The van der Waals surface area contributed by atoms with E-state index >= 15 is 0 Å². The van der Waals surface area contributed by atoms with Crippen molar-refractivity contribution in [1.82, 2.24) is 15.2 Å². The minimum atomic E-state index is 0.403. The lowest BCUT2D eigenvalue weighted by Crippen LogP contribution is -2.27. The molecule has 102 valence electrons. The van der Waals surface area contributed by atoms with Crippen LogP contribution in [0.4, 0.5) is 11.8 Å². The summed E-state index contributed by atoms with van der Waals surface area (Å²) in [5.41, 5.74) is 0. The standard InChI is InChI=1S/C13H25N5/c1-5-8-18(9-6-2)13-16-12(10-14-17-13)15-11(4)7-3/h10-11H,5-9H2,1-4H3,(H,15,16,17). The van der Waals surface area contributed by atoms with Gasteiger partial charge in [0.05, 0.1) is 6.20 Å². The first kappa shape index (κ1) is 14.7. The fraction of sp³-hybridized carbons (Fsp3) is 0.769. The van der Waals surface area contributed by atoms with Crippen LogP contribution in [-0.4, -0.2) is 34.3 Å². The summed E-state index contributed by atoms with van der Waals surface area (Å²) in [5, 5.41) is 11.5. The Bertz CT molecular complexity index is 336. The van der Waals surface area contributed by atoms with Gasteiger partial charge in [-0.15, -0.1) is 5.10 Å². The molecule has 5 nitrogen and oxygen atoms in total. The van der Waals surface area contributed by atoms with Gasteiger partial charge in [0.2, 0.25) is 5.95 Å². The van der Waals surface area contributed by atoms with E-state index in [-0.39, 0.29) is 0 Å². The normalized spacial score (nSPS) is 12.2. The van der Waals surface area contributed by atoms with E-state index in [4.69, 9.17) is 0 Å². The van der Waals surface area contributed by atoms with Crippen LogP contribution in [-0.2, 0) is 0 Å². The Hall–Kier alpha value is -1.39. The molecule has 5 heteroatoms. The number of aromatic nitrogens is 3. The zero-order chi connectivity index (χ0) is 13.4. The average molecular weight is 251 g/mol. The zero-order valence-corrected chi connectivity index (χ0v) is 12.0. The topological polar surface area (TPSA) is 53.9 Å². The summed E-state index contributed by atoms with van der Waals surface area (Å²) >= 11 is 0. The van der Waals surface area contributed by atoms with Gasteiger partial charge in [0.1, 0.15) is 0 Å². The number of nitrogens with one attached hydrogen (secondary N) is 1. The predicted molar refractivity (Wildman–Crippen MR) is 76.0 cm³/mol. The van der Waals surface area contributed by atoms with E-state index in [1.54, 1.807) is 6.20 Å². The maximum Gasteiger partial charge on any atom is 0.247 e. The molecule has 0 aromatic carbocycles. The van der Waals surface area contributed by atoms with Gasteiger partial charge in [-0.2, -0.15) is 10.1 Å². The molecule has 0 radical (unpaired) electrons. The van der Waals surface area contributed by atoms with Crippen LogP contribution in [0.15, 0.2) is 6.20 Å². The smallest absolute Gasteiger partial charge is 0.247 e. The molecule has 0 aliphatic heterocycles. The summed E-state index contributed by atoms with van der Waals surface area (Å²) in [4.78, 5) is 6.73. The van der Waals surface area contributed by atoms with Crippen molar-refractivity contribution >= 4 is 11.8 Å². The van der Waals surface area contributed by atoms with Crippen LogP contribution in [0.2, 0.25) is 0 Å². The summed E-state index contributed by atoms with van der Waals surface area (Å²) in [7, 11) is 0. The quantitative estimate of drug-likeness (QED) is 0.770. The Kier molecular flexibility index (Phi) is 6.39. The highest BCUT2D eigenvalue weighted by Crippen LogP contribution is 2.11. The summed E-state index contributed by atoms with van der Waals surface area (Å²) < 4.78 is 0. The van der Waals surface area contributed by atoms with Gasteiger partial charge in [-0.05, 0) is 26.2 Å². The van der Waals surface area contributed by atoms with Gasteiger partial charge in [-0.3, -0.25) is 0 Å². The maximum absolute atomic E-state index is 4.54. The molecule has 0 bridgehead atoms. The average Bonchev–Trinajstić information content (AvgIpc) is 2.38. The van der Waals surface area contributed by atoms with E-state index in [9.17, 15) is 0 Å². The van der Waals surface area contributed by atoms with Crippen molar-refractivity contribution in [2.45, 2.75) is 53.0 Å². The first-order valence-corrected chi connectivity index (χ1v) is 6.92. The third-order valence-corrected chi connectivity index (χ3v) is 2.82. The second-order valence-electron chi connectivity index (χ2n) is 4.58. The maximum atomic E-state index is 4.54. The molecular weight excluding hydrogens is 226 g/mol. The Morgan fingerprint density at radius 1 is 1.22 bits per heavy atom. The molecule has 1 heterocycles. The van der Waals surface area contributed by atoms with E-state index in [0.29, 0.717) is 6.04 Å². The van der Waals surface area contributed by atoms with Crippen LogP contribution in [0, 0.1) is 0 Å². The molecular formula is C13H25N5. The number of nitrogens with zero attached hydrogens (tertiary/aromatic N) is 4. The lowest BCUT2D eigenvalue weighted by Gasteiger charge is -2.21. The van der Waals surface area contributed by atoms with Gasteiger partial charge in [-0.25, -0.2) is 0 Å². The van der Waals surface area contributed by atoms with Gasteiger partial charge in [0.25, 0.3) is 0 Å². The molecule has 1 rings (SSSR count). The van der Waals surface area contributed by atoms with Crippen molar-refractivity contribution in [3.8, 4) is 0 Å². The number of hydrogen-bond acceptors (Lipinski definition) is 5. The summed E-state index contributed by atoms with van der Waals surface area (Å²) in [5.74, 6) is 1.54. The number of hydrogen-bond donors (Lipinski definition) is 1. The molecule has 0 aliphatic rings. The lowest BCUT2D eigenvalue weighted by molar-refractivity contribution is 0.705. The Morgan fingerprint density at radius 2 is 1.89 bits per heavy atom. The third kappa shape index (κ3) is 4.47.